The van der Waals surface area contributed by atoms with E-state index in [1.54, 1.807) is 0 Å². The van der Waals surface area contributed by atoms with Crippen LogP contribution in [0.1, 0.15) is 29.5 Å². The maximum atomic E-state index is 11.8. The Kier molecular flexibility index (Phi) is 3.49. The van der Waals surface area contributed by atoms with Crippen molar-refractivity contribution < 1.29 is 4.79 Å². The molecule has 1 saturated heterocycles. The molecular formula is C17H23N3O. The van der Waals surface area contributed by atoms with E-state index in [0.29, 0.717) is 11.7 Å². The van der Waals surface area contributed by atoms with Gasteiger partial charge in [0, 0.05) is 6.04 Å². The molecule has 1 atom stereocenters. The third-order valence-electron chi connectivity index (χ3n) is 4.89. The summed E-state index contributed by atoms with van der Waals surface area (Å²) in [6.45, 7) is 9.25. The largest absolute Gasteiger partial charge is 0.350 e. The normalized spacial score (nSPS) is 22.0. The fraction of sp³-hybridized carbons (Fsp3) is 0.471. The average molecular weight is 285 g/mol. The first-order valence-electron chi connectivity index (χ1n) is 7.58. The summed E-state index contributed by atoms with van der Waals surface area (Å²) < 4.78 is 0. The minimum atomic E-state index is -0.144. The number of carbonyl (C=O) groups is 1. The molecule has 2 aliphatic rings. The number of aryl methyl sites for hydroxylation is 1. The Hall–Kier alpha value is -1.81. The van der Waals surface area contributed by atoms with Gasteiger partial charge in [0.15, 0.2) is 0 Å². The minimum absolute atomic E-state index is 0.144. The average Bonchev–Trinajstić information content (AvgIpc) is 2.83. The first kappa shape index (κ1) is 14.1. The van der Waals surface area contributed by atoms with Gasteiger partial charge in [-0.1, -0.05) is 6.58 Å². The van der Waals surface area contributed by atoms with Crippen molar-refractivity contribution in [2.45, 2.75) is 39.2 Å². The predicted molar refractivity (Wildman–Crippen MR) is 86.7 cm³/mol. The molecule has 0 aliphatic carbocycles. The SMILES string of the molecule is C=C1Nc2c(cc(C)c(C)c2CC2CCCN2C)NC1=O. The number of nitrogens with zero attached hydrogens (tertiary/aromatic N) is 1. The van der Waals surface area contributed by atoms with E-state index in [2.05, 4.69) is 43.0 Å². The first-order chi connectivity index (χ1) is 9.97. The van der Waals surface area contributed by atoms with Crippen molar-refractivity contribution in [2.75, 3.05) is 24.2 Å². The van der Waals surface area contributed by atoms with E-state index in [0.717, 1.165) is 17.8 Å². The summed E-state index contributed by atoms with van der Waals surface area (Å²) in [6, 6.07) is 2.63. The number of anilines is 2. The Morgan fingerprint density at radius 2 is 2.14 bits per heavy atom. The number of rotatable bonds is 2. The molecule has 0 saturated carbocycles. The van der Waals surface area contributed by atoms with Gasteiger partial charge in [-0.2, -0.15) is 0 Å². The zero-order chi connectivity index (χ0) is 15.1. The van der Waals surface area contributed by atoms with Crippen molar-refractivity contribution >= 4 is 17.3 Å². The molecular weight excluding hydrogens is 262 g/mol. The van der Waals surface area contributed by atoms with Crippen LogP contribution in [-0.4, -0.2) is 30.4 Å². The van der Waals surface area contributed by atoms with Crippen LogP contribution in [0.15, 0.2) is 18.3 Å². The molecule has 112 valence electrons. The summed E-state index contributed by atoms with van der Waals surface area (Å²) in [5, 5.41) is 6.15. The van der Waals surface area contributed by atoms with Crippen LogP contribution in [0.25, 0.3) is 0 Å². The Morgan fingerprint density at radius 3 is 2.81 bits per heavy atom. The summed E-state index contributed by atoms with van der Waals surface area (Å²) in [4.78, 5) is 14.2. The van der Waals surface area contributed by atoms with Gasteiger partial charge in [0.2, 0.25) is 0 Å². The molecule has 2 N–H and O–H groups in total. The molecule has 3 rings (SSSR count). The van der Waals surface area contributed by atoms with Gasteiger partial charge in [-0.15, -0.1) is 0 Å². The molecule has 4 nitrogen and oxygen atoms in total. The van der Waals surface area contributed by atoms with Gasteiger partial charge in [-0.05, 0) is 69.5 Å². The molecule has 0 aromatic heterocycles. The molecule has 21 heavy (non-hydrogen) atoms. The van der Waals surface area contributed by atoms with Crippen LogP contribution >= 0.6 is 0 Å². The number of likely N-dealkylation sites (N-methyl/N-ethyl adjacent to an activating group) is 1. The first-order valence-corrected chi connectivity index (χ1v) is 7.58. The summed E-state index contributed by atoms with van der Waals surface area (Å²) in [7, 11) is 2.20. The van der Waals surface area contributed by atoms with Crippen molar-refractivity contribution in [1.29, 1.82) is 0 Å². The zero-order valence-corrected chi connectivity index (χ0v) is 13.0. The molecule has 1 aromatic rings. The van der Waals surface area contributed by atoms with Gasteiger partial charge in [0.25, 0.3) is 5.91 Å². The highest BCUT2D eigenvalue weighted by Gasteiger charge is 2.27. The van der Waals surface area contributed by atoms with Crippen LogP contribution in [0.3, 0.4) is 0 Å². The van der Waals surface area contributed by atoms with Gasteiger partial charge in [-0.3, -0.25) is 4.79 Å². The van der Waals surface area contributed by atoms with Crippen LogP contribution in [-0.2, 0) is 11.2 Å². The van der Waals surface area contributed by atoms with Crippen LogP contribution in [0, 0.1) is 13.8 Å². The second-order valence-corrected chi connectivity index (χ2v) is 6.26. The lowest BCUT2D eigenvalue weighted by molar-refractivity contribution is -0.112. The lowest BCUT2D eigenvalue weighted by Gasteiger charge is -2.28. The van der Waals surface area contributed by atoms with Crippen molar-refractivity contribution in [3.8, 4) is 0 Å². The Balaban J connectivity index is 2.02. The van der Waals surface area contributed by atoms with E-state index in [1.165, 1.54) is 36.1 Å². The maximum absolute atomic E-state index is 11.8. The molecule has 0 spiro atoms. The van der Waals surface area contributed by atoms with Gasteiger partial charge >= 0.3 is 0 Å². The lowest BCUT2D eigenvalue weighted by atomic mass is 9.92. The number of benzene rings is 1. The number of nitrogens with one attached hydrogen (secondary N) is 2. The van der Waals surface area contributed by atoms with Gasteiger partial charge < -0.3 is 15.5 Å². The number of fused-ring (bicyclic) bond motifs is 1. The van der Waals surface area contributed by atoms with Crippen molar-refractivity contribution in [2.24, 2.45) is 0 Å². The summed E-state index contributed by atoms with van der Waals surface area (Å²) in [6.07, 6.45) is 3.53. The highest BCUT2D eigenvalue weighted by Crippen LogP contribution is 2.37. The second kappa shape index (κ2) is 5.19. The van der Waals surface area contributed by atoms with E-state index >= 15 is 0 Å². The fourth-order valence-electron chi connectivity index (χ4n) is 3.36. The standard InChI is InChI=1S/C17H23N3O/c1-10-8-15-16(18-12(3)17(21)19-15)14(11(10)2)9-13-6-5-7-20(13)4/h8,13,18H,3,5-7,9H2,1-2,4H3,(H,19,21). The molecule has 1 amide bonds. The smallest absolute Gasteiger partial charge is 0.271 e. The summed E-state index contributed by atoms with van der Waals surface area (Å²) in [5.41, 5.74) is 6.18. The molecule has 0 bridgehead atoms. The van der Waals surface area contributed by atoms with Gasteiger partial charge in [0.1, 0.15) is 0 Å². The molecule has 1 fully saturated rings. The monoisotopic (exact) mass is 285 g/mol. The Labute approximate surface area is 126 Å². The molecule has 1 aromatic carbocycles. The quantitative estimate of drug-likeness (QED) is 0.821. The molecule has 0 radical (unpaired) electrons. The minimum Gasteiger partial charge on any atom is -0.350 e. The van der Waals surface area contributed by atoms with Gasteiger partial charge in [-0.25, -0.2) is 0 Å². The number of amides is 1. The Morgan fingerprint density at radius 1 is 1.38 bits per heavy atom. The fourth-order valence-corrected chi connectivity index (χ4v) is 3.36. The zero-order valence-electron chi connectivity index (χ0n) is 13.0. The van der Waals surface area contributed by atoms with Crippen molar-refractivity contribution in [1.82, 2.24) is 4.90 Å². The van der Waals surface area contributed by atoms with Crippen LogP contribution < -0.4 is 10.6 Å². The molecule has 4 heteroatoms. The number of carbonyl (C=O) groups excluding carboxylic acids is 1. The van der Waals surface area contributed by atoms with E-state index in [1.807, 2.05) is 6.07 Å². The van der Waals surface area contributed by atoms with E-state index in [9.17, 15) is 4.79 Å². The molecule has 2 aliphatic heterocycles. The predicted octanol–water partition coefficient (Wildman–Crippen LogP) is 2.82. The summed E-state index contributed by atoms with van der Waals surface area (Å²) >= 11 is 0. The van der Waals surface area contributed by atoms with Gasteiger partial charge in [0.05, 0.1) is 17.1 Å². The van der Waals surface area contributed by atoms with Crippen molar-refractivity contribution in [3.05, 3.63) is 35.0 Å². The molecule has 2 heterocycles. The van der Waals surface area contributed by atoms with E-state index < -0.39 is 0 Å². The van der Waals surface area contributed by atoms with Crippen LogP contribution in [0.5, 0.6) is 0 Å². The third kappa shape index (κ3) is 2.44. The second-order valence-electron chi connectivity index (χ2n) is 6.26. The third-order valence-corrected chi connectivity index (χ3v) is 4.89. The highest BCUT2D eigenvalue weighted by molar-refractivity contribution is 6.11. The van der Waals surface area contributed by atoms with E-state index in [4.69, 9.17) is 0 Å². The van der Waals surface area contributed by atoms with E-state index in [-0.39, 0.29) is 5.91 Å². The number of hydrogen-bond acceptors (Lipinski definition) is 3. The maximum Gasteiger partial charge on any atom is 0.271 e. The topological polar surface area (TPSA) is 44.4 Å². The summed E-state index contributed by atoms with van der Waals surface area (Å²) in [5.74, 6) is -0.144. The molecule has 1 unspecified atom stereocenters. The number of likely N-dealkylation sites (tertiary alicyclic amines) is 1. The highest BCUT2D eigenvalue weighted by atomic mass is 16.2. The van der Waals surface area contributed by atoms with Crippen LogP contribution in [0.4, 0.5) is 11.4 Å². The van der Waals surface area contributed by atoms with Crippen LogP contribution in [0.2, 0.25) is 0 Å². The number of hydrogen-bond donors (Lipinski definition) is 2. The van der Waals surface area contributed by atoms with Crippen molar-refractivity contribution in [3.63, 3.8) is 0 Å². The lowest BCUT2D eigenvalue weighted by Crippen LogP contribution is -2.30. The Bertz CT molecular complexity index is 621.